The minimum Gasteiger partial charge on any atom is -0.496 e. The van der Waals surface area contributed by atoms with E-state index in [0.29, 0.717) is 16.4 Å². The summed E-state index contributed by atoms with van der Waals surface area (Å²) in [6.45, 7) is 6.78. The second-order valence-electron chi connectivity index (χ2n) is 10.4. The first-order valence-corrected chi connectivity index (χ1v) is 14.7. The number of hydrogen-bond acceptors (Lipinski definition) is 4. The van der Waals surface area contributed by atoms with Gasteiger partial charge in [-0.3, -0.25) is 9.78 Å². The number of aromatic nitrogens is 1. The van der Waals surface area contributed by atoms with Crippen molar-refractivity contribution in [1.82, 2.24) is 9.88 Å². The highest BCUT2D eigenvalue weighted by Gasteiger charge is 2.32. The van der Waals surface area contributed by atoms with Gasteiger partial charge in [0.05, 0.1) is 12.1 Å². The summed E-state index contributed by atoms with van der Waals surface area (Å²) < 4.78 is 6.83. The van der Waals surface area contributed by atoms with Gasteiger partial charge in [-0.05, 0) is 86.9 Å². The Bertz CT molecular complexity index is 1440. The van der Waals surface area contributed by atoms with Gasteiger partial charge in [0.25, 0.3) is 5.91 Å². The van der Waals surface area contributed by atoms with Crippen LogP contribution in [-0.2, 0) is 6.54 Å². The van der Waals surface area contributed by atoms with Crippen LogP contribution in [0.1, 0.15) is 65.7 Å². The number of fused-ring (bicyclic) bond motifs is 1. The van der Waals surface area contributed by atoms with Crippen LogP contribution in [0, 0.1) is 19.8 Å². The van der Waals surface area contributed by atoms with E-state index in [-0.39, 0.29) is 11.9 Å². The number of halogens is 1. The summed E-state index contributed by atoms with van der Waals surface area (Å²) in [7, 11) is 1.70. The molecule has 0 saturated heterocycles. The van der Waals surface area contributed by atoms with Crippen molar-refractivity contribution < 1.29 is 9.53 Å². The van der Waals surface area contributed by atoms with Crippen LogP contribution >= 0.6 is 22.9 Å². The Morgan fingerprint density at radius 3 is 2.39 bits per heavy atom. The van der Waals surface area contributed by atoms with E-state index in [1.165, 1.54) is 17.8 Å². The van der Waals surface area contributed by atoms with Gasteiger partial charge in [-0.1, -0.05) is 49.2 Å². The maximum atomic E-state index is 14.2. The van der Waals surface area contributed by atoms with E-state index in [1.807, 2.05) is 44.2 Å². The molecule has 0 radical (unpaired) electrons. The topological polar surface area (TPSA) is 42.4 Å². The average Bonchev–Trinajstić information content (AvgIpc) is 3.27. The van der Waals surface area contributed by atoms with Gasteiger partial charge < -0.3 is 9.64 Å². The summed E-state index contributed by atoms with van der Waals surface area (Å²) in [6, 6.07) is 18.6. The number of benzene rings is 2. The van der Waals surface area contributed by atoms with Crippen molar-refractivity contribution in [3.8, 4) is 16.9 Å². The monoisotopic (exact) mass is 546 g/mol. The number of ether oxygens (including phenoxy) is 1. The van der Waals surface area contributed by atoms with Crippen LogP contribution < -0.4 is 4.74 Å². The Balaban J connectivity index is 1.54. The Labute approximate surface area is 234 Å². The maximum Gasteiger partial charge on any atom is 0.266 e. The van der Waals surface area contributed by atoms with Crippen LogP contribution in [0.4, 0.5) is 0 Å². The number of pyridine rings is 1. The van der Waals surface area contributed by atoms with Crippen molar-refractivity contribution in [2.75, 3.05) is 7.11 Å². The van der Waals surface area contributed by atoms with Crippen LogP contribution in [0.15, 0.2) is 54.6 Å². The normalized spacial score (nSPS) is 17.5. The molecule has 1 aliphatic carbocycles. The lowest BCUT2D eigenvalue weighted by molar-refractivity contribution is 0.0591. The molecule has 4 nitrogen and oxygen atoms in total. The molecule has 0 unspecified atom stereocenters. The minimum absolute atomic E-state index is 0.0132. The van der Waals surface area contributed by atoms with E-state index in [0.717, 1.165) is 75.5 Å². The lowest BCUT2D eigenvalue weighted by Crippen LogP contribution is -2.41. The van der Waals surface area contributed by atoms with Gasteiger partial charge in [0.1, 0.15) is 10.6 Å². The number of rotatable bonds is 7. The van der Waals surface area contributed by atoms with Gasteiger partial charge in [0.2, 0.25) is 0 Å². The van der Waals surface area contributed by atoms with Crippen LogP contribution in [-0.4, -0.2) is 28.9 Å². The first-order valence-electron chi connectivity index (χ1n) is 13.5. The highest BCUT2D eigenvalue weighted by molar-refractivity contribution is 7.21. The number of thiophene rings is 1. The van der Waals surface area contributed by atoms with Crippen LogP contribution in [0.5, 0.6) is 5.75 Å². The third-order valence-corrected chi connectivity index (χ3v) is 9.52. The molecular formula is C32H35ClN2O2S. The molecule has 1 aliphatic rings. The molecule has 4 aromatic rings. The number of hydrogen-bond donors (Lipinski definition) is 0. The molecule has 1 saturated carbocycles. The lowest BCUT2D eigenvalue weighted by Gasteiger charge is -2.37. The summed E-state index contributed by atoms with van der Waals surface area (Å²) in [5.74, 6) is 1.55. The molecule has 0 N–H and O–H groups in total. The highest BCUT2D eigenvalue weighted by Crippen LogP contribution is 2.39. The average molecular weight is 547 g/mol. The number of amides is 1. The lowest BCUT2D eigenvalue weighted by atomic mass is 9.83. The van der Waals surface area contributed by atoms with E-state index in [1.54, 1.807) is 7.11 Å². The van der Waals surface area contributed by atoms with Crippen molar-refractivity contribution in [2.45, 2.75) is 65.5 Å². The summed E-state index contributed by atoms with van der Waals surface area (Å²) in [4.78, 5) is 21.5. The van der Waals surface area contributed by atoms with E-state index in [4.69, 9.17) is 16.3 Å². The molecule has 198 valence electrons. The van der Waals surface area contributed by atoms with Crippen molar-refractivity contribution >= 4 is 38.9 Å². The summed E-state index contributed by atoms with van der Waals surface area (Å²) in [6.07, 6.45) is 5.52. The van der Waals surface area contributed by atoms with Gasteiger partial charge in [0.15, 0.2) is 0 Å². The highest BCUT2D eigenvalue weighted by atomic mass is 35.5. The molecule has 2 heterocycles. The van der Waals surface area contributed by atoms with E-state index in [2.05, 4.69) is 41.1 Å². The Morgan fingerprint density at radius 2 is 1.74 bits per heavy atom. The number of aryl methyl sites for hydroxylation is 2. The SMILES string of the molecule is CCC1CCC(N(Cc2cc(-c3cc(C)nc(C)c3)ccc2OC)C(=O)c2sc3ccccc3c2Cl)CC1. The molecule has 0 aliphatic heterocycles. The first kappa shape index (κ1) is 26.7. The zero-order valence-corrected chi connectivity index (χ0v) is 24.2. The summed E-state index contributed by atoms with van der Waals surface area (Å²) >= 11 is 8.30. The molecular weight excluding hydrogens is 512 g/mol. The van der Waals surface area contributed by atoms with Crippen molar-refractivity contribution in [3.05, 3.63) is 81.4 Å². The largest absolute Gasteiger partial charge is 0.496 e. The number of nitrogens with zero attached hydrogens (tertiary/aromatic N) is 2. The second kappa shape index (κ2) is 11.5. The fourth-order valence-electron chi connectivity index (χ4n) is 5.78. The second-order valence-corrected chi connectivity index (χ2v) is 11.9. The fraction of sp³-hybridized carbons (Fsp3) is 0.375. The predicted octanol–water partition coefficient (Wildman–Crippen LogP) is 8.85. The molecule has 0 atom stereocenters. The maximum absolute atomic E-state index is 14.2. The Morgan fingerprint density at radius 1 is 1.03 bits per heavy atom. The van der Waals surface area contributed by atoms with Crippen molar-refractivity contribution in [1.29, 1.82) is 0 Å². The minimum atomic E-state index is 0.0132. The smallest absolute Gasteiger partial charge is 0.266 e. The van der Waals surface area contributed by atoms with E-state index in [9.17, 15) is 4.79 Å². The Hall–Kier alpha value is -2.89. The molecule has 38 heavy (non-hydrogen) atoms. The fourth-order valence-corrected chi connectivity index (χ4v) is 7.25. The van der Waals surface area contributed by atoms with E-state index >= 15 is 0 Å². The van der Waals surface area contributed by atoms with Gasteiger partial charge in [0, 0.05) is 39.6 Å². The Kier molecular flexibility index (Phi) is 8.06. The van der Waals surface area contributed by atoms with Crippen molar-refractivity contribution in [2.24, 2.45) is 5.92 Å². The molecule has 0 spiro atoms. The molecule has 0 bridgehead atoms. The van der Waals surface area contributed by atoms with Gasteiger partial charge in [-0.15, -0.1) is 11.3 Å². The molecule has 2 aromatic carbocycles. The van der Waals surface area contributed by atoms with Gasteiger partial charge >= 0.3 is 0 Å². The standard InChI is InChI=1S/C32H35ClN2O2S/c1-5-22-10-13-26(14-11-22)35(32(36)31-30(33)27-8-6-7-9-29(27)38-31)19-25-18-23(12-15-28(25)37-4)24-16-20(2)34-21(3)17-24/h6-9,12,15-18,22,26H,5,10-11,13-14,19H2,1-4H3. The summed E-state index contributed by atoms with van der Waals surface area (Å²) in [5, 5.41) is 1.51. The van der Waals surface area contributed by atoms with Crippen LogP contribution in [0.2, 0.25) is 5.02 Å². The molecule has 5 rings (SSSR count). The predicted molar refractivity (Wildman–Crippen MR) is 158 cm³/mol. The quantitative estimate of drug-likeness (QED) is 0.232. The number of carbonyl (C=O) groups is 1. The molecule has 2 aromatic heterocycles. The zero-order chi connectivity index (χ0) is 26.8. The number of carbonyl (C=O) groups excluding carboxylic acids is 1. The summed E-state index contributed by atoms with van der Waals surface area (Å²) in [5.41, 5.74) is 5.19. The third-order valence-electron chi connectivity index (χ3n) is 7.86. The first-order chi connectivity index (χ1) is 18.4. The van der Waals surface area contributed by atoms with Crippen molar-refractivity contribution in [3.63, 3.8) is 0 Å². The molecule has 1 amide bonds. The van der Waals surface area contributed by atoms with Crippen LogP contribution in [0.25, 0.3) is 21.2 Å². The van der Waals surface area contributed by atoms with Gasteiger partial charge in [-0.25, -0.2) is 0 Å². The van der Waals surface area contributed by atoms with E-state index < -0.39 is 0 Å². The molecule has 6 heteroatoms. The zero-order valence-electron chi connectivity index (χ0n) is 22.6. The number of methoxy groups -OCH3 is 1. The van der Waals surface area contributed by atoms with Gasteiger partial charge in [-0.2, -0.15) is 0 Å². The van der Waals surface area contributed by atoms with Crippen LogP contribution in [0.3, 0.4) is 0 Å². The molecule has 1 fully saturated rings. The third kappa shape index (κ3) is 5.45.